The van der Waals surface area contributed by atoms with Crippen molar-refractivity contribution in [1.82, 2.24) is 5.32 Å². The molecule has 1 amide bonds. The zero-order valence-electron chi connectivity index (χ0n) is 14.3. The Labute approximate surface area is 146 Å². The molecule has 1 rings (SSSR count). The highest BCUT2D eigenvalue weighted by Gasteiger charge is 2.29. The fourth-order valence-electron chi connectivity index (χ4n) is 2.46. The van der Waals surface area contributed by atoms with E-state index in [-0.39, 0.29) is 28.9 Å². The zero-order chi connectivity index (χ0) is 18.5. The second-order valence-corrected chi connectivity index (χ2v) is 6.92. The van der Waals surface area contributed by atoms with Gasteiger partial charge in [-0.05, 0) is 38.3 Å². The number of nitro benzene ring substituents is 1. The molecule has 0 aliphatic rings. The van der Waals surface area contributed by atoms with Crippen molar-refractivity contribution in [2.75, 3.05) is 6.54 Å². The Balaban J connectivity index is 2.86. The molecule has 134 valence electrons. The summed E-state index contributed by atoms with van der Waals surface area (Å²) >= 11 is 5.76. The molecule has 0 heterocycles. The standard InChI is InChI=1S/C16H24ClN3O4/c1-10(2)8-16(4,9-18)19-15(21)11(3)24-14-6-5-12(17)7-13(14)20(22)23/h5-7,10-11H,8-9,18H2,1-4H3,(H,19,21). The predicted octanol–water partition coefficient (Wildman–Crippen LogP) is 2.90. The van der Waals surface area contributed by atoms with Gasteiger partial charge >= 0.3 is 5.69 Å². The van der Waals surface area contributed by atoms with Gasteiger partial charge in [0.2, 0.25) is 0 Å². The van der Waals surface area contributed by atoms with Gasteiger partial charge in [0.25, 0.3) is 5.91 Å². The maximum atomic E-state index is 12.4. The van der Waals surface area contributed by atoms with Gasteiger partial charge in [0.1, 0.15) is 0 Å². The number of rotatable bonds is 8. The maximum absolute atomic E-state index is 12.4. The highest BCUT2D eigenvalue weighted by molar-refractivity contribution is 6.30. The number of hydrogen-bond donors (Lipinski definition) is 2. The summed E-state index contributed by atoms with van der Waals surface area (Å²) in [5.41, 5.74) is 4.93. The molecule has 3 N–H and O–H groups in total. The number of halogens is 1. The Morgan fingerprint density at radius 2 is 2.08 bits per heavy atom. The van der Waals surface area contributed by atoms with Gasteiger partial charge in [-0.1, -0.05) is 25.4 Å². The Bertz CT molecular complexity index is 609. The van der Waals surface area contributed by atoms with Gasteiger partial charge in [0.05, 0.1) is 4.92 Å². The smallest absolute Gasteiger partial charge is 0.312 e. The molecule has 0 radical (unpaired) electrons. The first-order chi connectivity index (χ1) is 11.1. The van der Waals surface area contributed by atoms with Crippen LogP contribution in [0.3, 0.4) is 0 Å². The minimum atomic E-state index is -0.914. The number of nitrogens with zero attached hydrogens (tertiary/aromatic N) is 1. The van der Waals surface area contributed by atoms with E-state index < -0.39 is 16.6 Å². The van der Waals surface area contributed by atoms with Crippen LogP contribution in [0.4, 0.5) is 5.69 Å². The maximum Gasteiger partial charge on any atom is 0.312 e. The highest BCUT2D eigenvalue weighted by atomic mass is 35.5. The van der Waals surface area contributed by atoms with Gasteiger partial charge in [-0.3, -0.25) is 14.9 Å². The molecule has 2 unspecified atom stereocenters. The lowest BCUT2D eigenvalue weighted by molar-refractivity contribution is -0.386. The molecule has 0 spiro atoms. The second-order valence-electron chi connectivity index (χ2n) is 6.48. The summed E-state index contributed by atoms with van der Waals surface area (Å²) in [5, 5.41) is 14.2. The molecular weight excluding hydrogens is 334 g/mol. The largest absolute Gasteiger partial charge is 0.474 e. The van der Waals surface area contributed by atoms with Crippen LogP contribution in [-0.2, 0) is 4.79 Å². The van der Waals surface area contributed by atoms with Crippen molar-refractivity contribution in [3.63, 3.8) is 0 Å². The fraction of sp³-hybridized carbons (Fsp3) is 0.562. The van der Waals surface area contributed by atoms with Crippen LogP contribution in [0.15, 0.2) is 18.2 Å². The van der Waals surface area contributed by atoms with Crippen LogP contribution in [0, 0.1) is 16.0 Å². The van der Waals surface area contributed by atoms with E-state index in [0.29, 0.717) is 12.3 Å². The number of nitrogens with two attached hydrogens (primary N) is 1. The molecule has 0 saturated heterocycles. The average molecular weight is 358 g/mol. The first-order valence-electron chi connectivity index (χ1n) is 7.70. The summed E-state index contributed by atoms with van der Waals surface area (Å²) in [7, 11) is 0. The molecule has 2 atom stereocenters. The van der Waals surface area contributed by atoms with Gasteiger partial charge in [-0.2, -0.15) is 0 Å². The molecule has 0 aromatic heterocycles. The molecular formula is C16H24ClN3O4. The highest BCUT2D eigenvalue weighted by Crippen LogP contribution is 2.30. The van der Waals surface area contributed by atoms with E-state index in [2.05, 4.69) is 5.32 Å². The summed E-state index contributed by atoms with van der Waals surface area (Å²) in [6.45, 7) is 7.75. The van der Waals surface area contributed by atoms with Crippen LogP contribution in [0.1, 0.15) is 34.1 Å². The van der Waals surface area contributed by atoms with E-state index in [1.54, 1.807) is 0 Å². The second kappa shape index (κ2) is 8.30. The number of carbonyl (C=O) groups is 1. The van der Waals surface area contributed by atoms with E-state index in [4.69, 9.17) is 22.1 Å². The number of ether oxygens (including phenoxy) is 1. The van der Waals surface area contributed by atoms with Crippen molar-refractivity contribution in [2.45, 2.75) is 45.8 Å². The van der Waals surface area contributed by atoms with Gasteiger partial charge in [0, 0.05) is 23.2 Å². The van der Waals surface area contributed by atoms with E-state index in [0.717, 1.165) is 0 Å². The summed E-state index contributed by atoms with van der Waals surface area (Å²) in [4.78, 5) is 22.8. The average Bonchev–Trinajstić information content (AvgIpc) is 2.47. The van der Waals surface area contributed by atoms with Crippen molar-refractivity contribution in [3.05, 3.63) is 33.3 Å². The van der Waals surface area contributed by atoms with Gasteiger partial charge < -0.3 is 15.8 Å². The van der Waals surface area contributed by atoms with Gasteiger partial charge in [-0.25, -0.2) is 0 Å². The minimum absolute atomic E-state index is 0.00892. The molecule has 24 heavy (non-hydrogen) atoms. The Morgan fingerprint density at radius 3 is 2.58 bits per heavy atom. The molecule has 0 fully saturated rings. The first-order valence-corrected chi connectivity index (χ1v) is 8.08. The van der Waals surface area contributed by atoms with Crippen LogP contribution >= 0.6 is 11.6 Å². The van der Waals surface area contributed by atoms with Gasteiger partial charge in [0.15, 0.2) is 11.9 Å². The molecule has 0 aliphatic carbocycles. The van der Waals surface area contributed by atoms with E-state index >= 15 is 0 Å². The van der Waals surface area contributed by atoms with Crippen LogP contribution in [0.2, 0.25) is 5.02 Å². The normalized spacial score (nSPS) is 14.8. The number of nitrogens with one attached hydrogen (secondary N) is 1. The summed E-state index contributed by atoms with van der Waals surface area (Å²) in [6.07, 6.45) is -0.203. The molecule has 1 aromatic carbocycles. The fourth-order valence-corrected chi connectivity index (χ4v) is 2.63. The van der Waals surface area contributed by atoms with Crippen LogP contribution in [0.25, 0.3) is 0 Å². The Kier molecular flexibility index (Phi) is 6.98. The third-order valence-corrected chi connectivity index (χ3v) is 3.76. The van der Waals surface area contributed by atoms with Gasteiger partial charge in [-0.15, -0.1) is 0 Å². The topological polar surface area (TPSA) is 107 Å². The molecule has 0 aliphatic heterocycles. The lowest BCUT2D eigenvalue weighted by Gasteiger charge is -2.32. The number of carbonyl (C=O) groups excluding carboxylic acids is 1. The van der Waals surface area contributed by atoms with Crippen molar-refractivity contribution >= 4 is 23.2 Å². The lowest BCUT2D eigenvalue weighted by atomic mass is 9.90. The Morgan fingerprint density at radius 1 is 1.46 bits per heavy atom. The van der Waals surface area contributed by atoms with Crippen molar-refractivity contribution in [2.24, 2.45) is 11.7 Å². The van der Waals surface area contributed by atoms with Crippen LogP contribution < -0.4 is 15.8 Å². The quantitative estimate of drug-likeness (QED) is 0.549. The monoisotopic (exact) mass is 357 g/mol. The summed E-state index contributed by atoms with van der Waals surface area (Å²) < 4.78 is 5.47. The lowest BCUT2D eigenvalue weighted by Crippen LogP contribution is -2.55. The van der Waals surface area contributed by atoms with E-state index in [9.17, 15) is 14.9 Å². The molecule has 1 aromatic rings. The first kappa shape index (κ1) is 20.2. The summed E-state index contributed by atoms with van der Waals surface area (Å²) in [5.74, 6) is -0.0364. The SMILES string of the molecule is CC(C)CC(C)(CN)NC(=O)C(C)Oc1ccc(Cl)cc1[N+](=O)[O-]. The third kappa shape index (κ3) is 5.65. The van der Waals surface area contributed by atoms with E-state index in [1.807, 2.05) is 20.8 Å². The number of benzene rings is 1. The van der Waals surface area contributed by atoms with Crippen molar-refractivity contribution in [1.29, 1.82) is 0 Å². The van der Waals surface area contributed by atoms with Crippen molar-refractivity contribution < 1.29 is 14.5 Å². The number of amides is 1. The molecule has 7 nitrogen and oxygen atoms in total. The van der Waals surface area contributed by atoms with Crippen LogP contribution in [-0.4, -0.2) is 29.0 Å². The van der Waals surface area contributed by atoms with E-state index in [1.165, 1.54) is 25.1 Å². The Hall–Kier alpha value is -1.86. The number of hydrogen-bond acceptors (Lipinski definition) is 5. The third-order valence-electron chi connectivity index (χ3n) is 3.52. The van der Waals surface area contributed by atoms with Crippen LogP contribution in [0.5, 0.6) is 5.75 Å². The number of nitro groups is 1. The zero-order valence-corrected chi connectivity index (χ0v) is 15.1. The molecule has 0 saturated carbocycles. The summed E-state index contributed by atoms with van der Waals surface area (Å²) in [6, 6.07) is 4.03. The predicted molar refractivity (Wildman–Crippen MR) is 93.3 cm³/mol. The molecule has 8 heteroatoms. The minimum Gasteiger partial charge on any atom is -0.474 e. The van der Waals surface area contributed by atoms with Crippen molar-refractivity contribution in [3.8, 4) is 5.75 Å². The molecule has 0 bridgehead atoms.